The molecular formula is C16H22N2O3. The third-order valence-corrected chi connectivity index (χ3v) is 4.41. The second-order valence-electron chi connectivity index (χ2n) is 6.01. The van der Waals surface area contributed by atoms with Crippen LogP contribution in [0.25, 0.3) is 0 Å². The molecule has 2 unspecified atom stereocenters. The molecule has 0 spiro atoms. The van der Waals surface area contributed by atoms with E-state index in [-0.39, 0.29) is 6.10 Å². The maximum Gasteiger partial charge on any atom is 0.321 e. The van der Waals surface area contributed by atoms with Gasteiger partial charge in [-0.15, -0.1) is 0 Å². The smallest absolute Gasteiger partial charge is 0.321 e. The van der Waals surface area contributed by atoms with E-state index >= 15 is 0 Å². The zero-order chi connectivity index (χ0) is 14.8. The van der Waals surface area contributed by atoms with Gasteiger partial charge in [0.2, 0.25) is 0 Å². The van der Waals surface area contributed by atoms with E-state index < -0.39 is 12.0 Å². The molecular weight excluding hydrogens is 268 g/mol. The molecule has 2 aliphatic heterocycles. The highest BCUT2D eigenvalue weighted by atomic mass is 16.5. The molecule has 1 saturated heterocycles. The van der Waals surface area contributed by atoms with E-state index in [9.17, 15) is 9.90 Å². The van der Waals surface area contributed by atoms with Crippen molar-refractivity contribution < 1.29 is 14.6 Å². The molecule has 2 aliphatic rings. The molecule has 3 rings (SSSR count). The Balaban J connectivity index is 1.74. The second-order valence-corrected chi connectivity index (χ2v) is 6.01. The monoisotopic (exact) mass is 290 g/mol. The molecule has 1 N–H and O–H groups in total. The number of hydrogen-bond donors (Lipinski definition) is 1. The summed E-state index contributed by atoms with van der Waals surface area (Å²) < 4.78 is 5.79. The van der Waals surface area contributed by atoms with Crippen molar-refractivity contribution in [1.82, 2.24) is 9.80 Å². The predicted molar refractivity (Wildman–Crippen MR) is 79.2 cm³/mol. The standard InChI is InChI=1S/C16H22N2O3/c1-17-6-7-21-14(10-17)11-18-9-13-5-3-2-4-12(13)8-15(18)16(19)20/h2-5,14-15H,6-11H2,1H3,(H,19,20). The summed E-state index contributed by atoms with van der Waals surface area (Å²) in [4.78, 5) is 15.9. The molecule has 1 aromatic carbocycles. The average molecular weight is 290 g/mol. The molecule has 0 aliphatic carbocycles. The summed E-state index contributed by atoms with van der Waals surface area (Å²) in [6, 6.07) is 7.67. The number of nitrogens with zero attached hydrogens (tertiary/aromatic N) is 2. The highest BCUT2D eigenvalue weighted by Crippen LogP contribution is 2.24. The molecule has 0 bridgehead atoms. The minimum atomic E-state index is -0.742. The molecule has 2 atom stereocenters. The van der Waals surface area contributed by atoms with Crippen molar-refractivity contribution in [3.05, 3.63) is 35.4 Å². The molecule has 0 aromatic heterocycles. The largest absolute Gasteiger partial charge is 0.480 e. The van der Waals surface area contributed by atoms with Crippen molar-refractivity contribution in [2.45, 2.75) is 25.1 Å². The molecule has 0 amide bonds. The number of rotatable bonds is 3. The fraction of sp³-hybridized carbons (Fsp3) is 0.562. The lowest BCUT2D eigenvalue weighted by Crippen LogP contribution is -2.52. The quantitative estimate of drug-likeness (QED) is 0.893. The molecule has 0 saturated carbocycles. The van der Waals surface area contributed by atoms with Crippen molar-refractivity contribution in [2.75, 3.05) is 33.3 Å². The Morgan fingerprint density at radius 3 is 2.86 bits per heavy atom. The van der Waals surface area contributed by atoms with Crippen molar-refractivity contribution in [3.63, 3.8) is 0 Å². The van der Waals surface area contributed by atoms with Gasteiger partial charge in [-0.05, 0) is 24.6 Å². The van der Waals surface area contributed by atoms with Crippen molar-refractivity contribution in [2.24, 2.45) is 0 Å². The van der Waals surface area contributed by atoms with Crippen LogP contribution in [-0.4, -0.2) is 66.3 Å². The van der Waals surface area contributed by atoms with Crippen LogP contribution in [0.3, 0.4) is 0 Å². The number of likely N-dealkylation sites (N-methyl/N-ethyl adjacent to an activating group) is 1. The fourth-order valence-electron chi connectivity index (χ4n) is 3.25. The summed E-state index contributed by atoms with van der Waals surface area (Å²) >= 11 is 0. The van der Waals surface area contributed by atoms with Crippen molar-refractivity contribution in [3.8, 4) is 0 Å². The van der Waals surface area contributed by atoms with E-state index in [0.717, 1.165) is 25.3 Å². The van der Waals surface area contributed by atoms with E-state index in [1.165, 1.54) is 5.56 Å². The van der Waals surface area contributed by atoms with Crippen LogP contribution < -0.4 is 0 Å². The number of ether oxygens (including phenoxy) is 1. The van der Waals surface area contributed by atoms with Gasteiger partial charge in [0.15, 0.2) is 0 Å². The lowest BCUT2D eigenvalue weighted by atomic mass is 9.93. The first-order valence-corrected chi connectivity index (χ1v) is 7.47. The second kappa shape index (κ2) is 6.13. The molecule has 1 fully saturated rings. The predicted octanol–water partition coefficient (Wildman–Crippen LogP) is 0.828. The topological polar surface area (TPSA) is 53.0 Å². The van der Waals surface area contributed by atoms with E-state index in [1.807, 2.05) is 18.2 Å². The van der Waals surface area contributed by atoms with Gasteiger partial charge < -0.3 is 14.7 Å². The number of morpholine rings is 1. The molecule has 5 heteroatoms. The Hall–Kier alpha value is -1.43. The van der Waals surface area contributed by atoms with Crippen LogP contribution in [0.15, 0.2) is 24.3 Å². The maximum atomic E-state index is 11.6. The molecule has 5 nitrogen and oxygen atoms in total. The van der Waals surface area contributed by atoms with E-state index in [4.69, 9.17) is 4.74 Å². The summed E-state index contributed by atoms with van der Waals surface area (Å²) in [5.74, 6) is -0.742. The number of aliphatic carboxylic acids is 1. The highest BCUT2D eigenvalue weighted by molar-refractivity contribution is 5.74. The van der Waals surface area contributed by atoms with Crippen molar-refractivity contribution >= 4 is 5.97 Å². The average Bonchev–Trinajstić information content (AvgIpc) is 2.46. The minimum Gasteiger partial charge on any atom is -0.480 e. The van der Waals surface area contributed by atoms with Gasteiger partial charge >= 0.3 is 5.97 Å². The Morgan fingerprint density at radius 2 is 2.14 bits per heavy atom. The maximum absolute atomic E-state index is 11.6. The van der Waals surface area contributed by atoms with Gasteiger partial charge in [0.1, 0.15) is 6.04 Å². The van der Waals surface area contributed by atoms with Crippen LogP contribution >= 0.6 is 0 Å². The lowest BCUT2D eigenvalue weighted by molar-refractivity contribution is -0.145. The van der Waals surface area contributed by atoms with Crippen LogP contribution in [0.2, 0.25) is 0 Å². The molecule has 0 radical (unpaired) electrons. The zero-order valence-electron chi connectivity index (χ0n) is 12.4. The van der Waals surface area contributed by atoms with E-state index in [1.54, 1.807) is 0 Å². The van der Waals surface area contributed by atoms with Crippen LogP contribution in [0.4, 0.5) is 0 Å². The molecule has 2 heterocycles. The number of hydrogen-bond acceptors (Lipinski definition) is 4. The van der Waals surface area contributed by atoms with Crippen LogP contribution in [0, 0.1) is 0 Å². The van der Waals surface area contributed by atoms with Crippen LogP contribution in [0.1, 0.15) is 11.1 Å². The number of benzene rings is 1. The first-order chi connectivity index (χ1) is 10.1. The van der Waals surface area contributed by atoms with Crippen LogP contribution in [0.5, 0.6) is 0 Å². The van der Waals surface area contributed by atoms with E-state index in [0.29, 0.717) is 19.5 Å². The fourth-order valence-corrected chi connectivity index (χ4v) is 3.25. The van der Waals surface area contributed by atoms with Gasteiger partial charge in [0.05, 0.1) is 12.7 Å². The third-order valence-electron chi connectivity index (χ3n) is 4.41. The highest BCUT2D eigenvalue weighted by Gasteiger charge is 2.33. The first-order valence-electron chi connectivity index (χ1n) is 7.47. The summed E-state index contributed by atoms with van der Waals surface area (Å²) in [7, 11) is 2.08. The summed E-state index contributed by atoms with van der Waals surface area (Å²) in [6.07, 6.45) is 0.671. The van der Waals surface area contributed by atoms with Gasteiger partial charge in [-0.1, -0.05) is 24.3 Å². The van der Waals surface area contributed by atoms with Gasteiger partial charge in [0, 0.05) is 26.2 Å². The Morgan fingerprint density at radius 1 is 1.38 bits per heavy atom. The normalized spacial score (nSPS) is 27.3. The Kier molecular flexibility index (Phi) is 4.24. The summed E-state index contributed by atoms with van der Waals surface area (Å²) in [5, 5.41) is 9.52. The number of fused-ring (bicyclic) bond motifs is 1. The first kappa shape index (κ1) is 14.5. The number of carboxylic acid groups (broad SMARTS) is 1. The summed E-state index contributed by atoms with van der Waals surface area (Å²) in [5.41, 5.74) is 2.39. The van der Waals surface area contributed by atoms with Gasteiger partial charge in [-0.25, -0.2) is 0 Å². The lowest BCUT2D eigenvalue weighted by Gasteiger charge is -2.38. The molecule has 1 aromatic rings. The summed E-state index contributed by atoms with van der Waals surface area (Å²) in [6.45, 7) is 3.90. The number of carbonyl (C=O) groups is 1. The van der Waals surface area contributed by atoms with Gasteiger partial charge in [0.25, 0.3) is 0 Å². The minimum absolute atomic E-state index is 0.0934. The number of carboxylic acids is 1. The molecule has 21 heavy (non-hydrogen) atoms. The zero-order valence-corrected chi connectivity index (χ0v) is 12.4. The van der Waals surface area contributed by atoms with E-state index in [2.05, 4.69) is 22.9 Å². The Bertz CT molecular complexity index is 520. The SMILES string of the molecule is CN1CCOC(CN2Cc3ccccc3CC2C(=O)O)C1. The van der Waals surface area contributed by atoms with Gasteiger partial charge in [-0.2, -0.15) is 0 Å². The third kappa shape index (κ3) is 3.26. The van der Waals surface area contributed by atoms with Gasteiger partial charge in [-0.3, -0.25) is 9.69 Å². The van der Waals surface area contributed by atoms with Crippen molar-refractivity contribution in [1.29, 1.82) is 0 Å². The molecule has 114 valence electrons. The van der Waals surface area contributed by atoms with Crippen LogP contribution in [-0.2, 0) is 22.5 Å². The Labute approximate surface area is 125 Å².